The first-order valence-electron chi connectivity index (χ1n) is 7.55. The van der Waals surface area contributed by atoms with E-state index < -0.39 is 12.8 Å². The van der Waals surface area contributed by atoms with Gasteiger partial charge in [0.1, 0.15) is 0 Å². The van der Waals surface area contributed by atoms with Gasteiger partial charge in [0.15, 0.2) is 6.61 Å². The number of hydrogen-bond donors (Lipinski definition) is 1. The Morgan fingerprint density at radius 2 is 2.08 bits per heavy atom. The van der Waals surface area contributed by atoms with Gasteiger partial charge in [-0.1, -0.05) is 0 Å². The van der Waals surface area contributed by atoms with Gasteiger partial charge >= 0.3 is 12.2 Å². The molecule has 1 aliphatic rings. The van der Waals surface area contributed by atoms with Crippen LogP contribution in [0.3, 0.4) is 0 Å². The molecule has 0 saturated carbocycles. The molecule has 0 bridgehead atoms. The smallest absolute Gasteiger partial charge is 0.422 e. The normalized spacial score (nSPS) is 21.5. The lowest BCUT2D eigenvalue weighted by molar-refractivity contribution is -0.154. The van der Waals surface area contributed by atoms with Gasteiger partial charge in [-0.2, -0.15) is 13.2 Å². The van der Waals surface area contributed by atoms with E-state index in [0.29, 0.717) is 18.7 Å². The van der Waals surface area contributed by atoms with Gasteiger partial charge in [0.2, 0.25) is 5.88 Å². The summed E-state index contributed by atoms with van der Waals surface area (Å²) in [6.45, 7) is 3.54. The number of carbonyl (C=O) groups is 1. The third-order valence-electron chi connectivity index (χ3n) is 3.33. The van der Waals surface area contributed by atoms with E-state index in [2.05, 4.69) is 15.0 Å². The summed E-state index contributed by atoms with van der Waals surface area (Å²) in [5.74, 6) is -0.132. The largest absolute Gasteiger partial charge is 0.468 e. The van der Waals surface area contributed by atoms with Gasteiger partial charge in [-0.15, -0.1) is 0 Å². The summed E-state index contributed by atoms with van der Waals surface area (Å²) in [6.07, 6.45) is -3.16. The van der Waals surface area contributed by atoms with Crippen LogP contribution < -0.4 is 10.1 Å². The molecular formula is C15H20F3N3O3. The fourth-order valence-corrected chi connectivity index (χ4v) is 2.43. The van der Waals surface area contributed by atoms with Gasteiger partial charge in [0.05, 0.1) is 12.2 Å². The van der Waals surface area contributed by atoms with Crippen molar-refractivity contribution < 1.29 is 27.4 Å². The van der Waals surface area contributed by atoms with E-state index in [9.17, 15) is 18.0 Å². The zero-order chi connectivity index (χ0) is 17.7. The van der Waals surface area contributed by atoms with Crippen LogP contribution in [0.5, 0.6) is 5.88 Å². The first kappa shape index (κ1) is 18.3. The van der Waals surface area contributed by atoms with Crippen LogP contribution in [0.25, 0.3) is 0 Å². The van der Waals surface area contributed by atoms with E-state index in [-0.39, 0.29) is 30.7 Å². The second kappa shape index (κ2) is 7.69. The monoisotopic (exact) mass is 347 g/mol. The number of nitrogens with zero attached hydrogens (tertiary/aromatic N) is 2. The Bertz CT molecular complexity index is 558. The molecule has 0 aromatic carbocycles. The third-order valence-corrected chi connectivity index (χ3v) is 3.33. The average Bonchev–Trinajstić information content (AvgIpc) is 2.49. The van der Waals surface area contributed by atoms with Gasteiger partial charge in [-0.05, 0) is 25.5 Å². The van der Waals surface area contributed by atoms with Gasteiger partial charge in [0.25, 0.3) is 0 Å². The summed E-state index contributed by atoms with van der Waals surface area (Å²) in [5.41, 5.74) is 0.602. The van der Waals surface area contributed by atoms with Crippen molar-refractivity contribution in [1.82, 2.24) is 15.2 Å². The molecule has 2 heterocycles. The standard InChI is InChI=1S/C15H20F3N3O3/c1-10-7-21(8-11(2)24-10)14(22)20-6-12-3-4-19-13(5-12)23-9-15(16,17)18/h3-5,10-11H,6-9H2,1-2H3,(H,20,22)/t10-,11+. The fraction of sp³-hybridized carbons (Fsp3) is 0.600. The Hall–Kier alpha value is -2.03. The minimum atomic E-state index is -4.42. The molecule has 6 nitrogen and oxygen atoms in total. The molecular weight excluding hydrogens is 327 g/mol. The quantitative estimate of drug-likeness (QED) is 0.908. The first-order chi connectivity index (χ1) is 11.2. The number of rotatable bonds is 4. The number of hydrogen-bond acceptors (Lipinski definition) is 4. The van der Waals surface area contributed by atoms with Crippen molar-refractivity contribution in [3.8, 4) is 5.88 Å². The predicted octanol–water partition coefficient (Wildman–Crippen LogP) is 2.34. The molecule has 0 spiro atoms. The maximum Gasteiger partial charge on any atom is 0.422 e. The predicted molar refractivity (Wildman–Crippen MR) is 79.6 cm³/mol. The number of alkyl halides is 3. The van der Waals surface area contributed by atoms with Crippen molar-refractivity contribution in [2.24, 2.45) is 0 Å². The Morgan fingerprint density at radius 1 is 1.42 bits per heavy atom. The van der Waals surface area contributed by atoms with Gasteiger partial charge < -0.3 is 19.7 Å². The van der Waals surface area contributed by atoms with Crippen LogP contribution >= 0.6 is 0 Å². The van der Waals surface area contributed by atoms with Crippen molar-refractivity contribution in [2.75, 3.05) is 19.7 Å². The molecule has 0 aliphatic carbocycles. The number of halogens is 3. The van der Waals surface area contributed by atoms with Crippen LogP contribution in [0.1, 0.15) is 19.4 Å². The number of aromatic nitrogens is 1. The second-order valence-electron chi connectivity index (χ2n) is 5.73. The van der Waals surface area contributed by atoms with Crippen molar-refractivity contribution in [3.05, 3.63) is 23.9 Å². The zero-order valence-electron chi connectivity index (χ0n) is 13.5. The number of nitrogens with one attached hydrogen (secondary N) is 1. The topological polar surface area (TPSA) is 63.7 Å². The van der Waals surface area contributed by atoms with E-state index in [1.165, 1.54) is 12.3 Å². The maximum absolute atomic E-state index is 12.2. The molecule has 2 amide bonds. The van der Waals surface area contributed by atoms with E-state index in [1.54, 1.807) is 11.0 Å². The summed E-state index contributed by atoms with van der Waals surface area (Å²) >= 11 is 0. The molecule has 2 rings (SSSR count). The lowest BCUT2D eigenvalue weighted by Crippen LogP contribution is -2.51. The number of morpholine rings is 1. The summed E-state index contributed by atoms with van der Waals surface area (Å²) in [4.78, 5) is 17.5. The molecule has 0 unspecified atom stereocenters. The van der Waals surface area contributed by atoms with Crippen LogP contribution in [-0.4, -0.2) is 54.0 Å². The van der Waals surface area contributed by atoms with E-state index in [4.69, 9.17) is 4.74 Å². The van der Waals surface area contributed by atoms with E-state index in [0.717, 1.165) is 0 Å². The molecule has 134 valence electrons. The first-order valence-corrected chi connectivity index (χ1v) is 7.55. The van der Waals surface area contributed by atoms with Gasteiger partial charge in [0, 0.05) is 31.9 Å². The highest BCUT2D eigenvalue weighted by atomic mass is 19.4. The molecule has 0 radical (unpaired) electrons. The van der Waals surface area contributed by atoms with Crippen LogP contribution in [0.2, 0.25) is 0 Å². The van der Waals surface area contributed by atoms with Crippen LogP contribution in [-0.2, 0) is 11.3 Å². The summed E-state index contributed by atoms with van der Waals surface area (Å²) in [6, 6.07) is 2.73. The summed E-state index contributed by atoms with van der Waals surface area (Å²) in [7, 11) is 0. The molecule has 1 aromatic heterocycles. The molecule has 9 heteroatoms. The highest BCUT2D eigenvalue weighted by Gasteiger charge is 2.29. The molecule has 2 atom stereocenters. The number of ether oxygens (including phenoxy) is 2. The van der Waals surface area contributed by atoms with Crippen molar-refractivity contribution >= 4 is 6.03 Å². The van der Waals surface area contributed by atoms with Gasteiger partial charge in [-0.25, -0.2) is 9.78 Å². The molecule has 1 aliphatic heterocycles. The molecule has 1 fully saturated rings. The minimum absolute atomic E-state index is 0.0391. The summed E-state index contributed by atoms with van der Waals surface area (Å²) < 4.78 is 46.6. The molecule has 24 heavy (non-hydrogen) atoms. The van der Waals surface area contributed by atoms with Crippen LogP contribution in [0, 0.1) is 0 Å². The Kier molecular flexibility index (Phi) is 5.87. The lowest BCUT2D eigenvalue weighted by Gasteiger charge is -2.35. The SMILES string of the molecule is C[C@@H]1CN(C(=O)NCc2ccnc(OCC(F)(F)F)c2)C[C@H](C)O1. The fourth-order valence-electron chi connectivity index (χ4n) is 2.43. The number of amides is 2. The molecule has 1 N–H and O–H groups in total. The highest BCUT2D eigenvalue weighted by Crippen LogP contribution is 2.17. The van der Waals surface area contributed by atoms with Crippen molar-refractivity contribution in [3.63, 3.8) is 0 Å². The summed E-state index contributed by atoms with van der Waals surface area (Å²) in [5, 5.41) is 2.74. The Labute approximate surface area is 137 Å². The zero-order valence-corrected chi connectivity index (χ0v) is 13.5. The van der Waals surface area contributed by atoms with Crippen molar-refractivity contribution in [1.29, 1.82) is 0 Å². The lowest BCUT2D eigenvalue weighted by atomic mass is 10.2. The highest BCUT2D eigenvalue weighted by molar-refractivity contribution is 5.74. The maximum atomic E-state index is 12.2. The van der Waals surface area contributed by atoms with Gasteiger partial charge in [-0.3, -0.25) is 0 Å². The second-order valence-corrected chi connectivity index (χ2v) is 5.73. The van der Waals surface area contributed by atoms with E-state index in [1.807, 2.05) is 13.8 Å². The number of urea groups is 1. The average molecular weight is 347 g/mol. The van der Waals surface area contributed by atoms with Crippen LogP contribution in [0.4, 0.5) is 18.0 Å². The molecule has 1 aromatic rings. The number of pyridine rings is 1. The third kappa shape index (κ3) is 5.88. The van der Waals surface area contributed by atoms with E-state index >= 15 is 0 Å². The van der Waals surface area contributed by atoms with Crippen LogP contribution in [0.15, 0.2) is 18.3 Å². The number of carbonyl (C=O) groups excluding carboxylic acids is 1. The Morgan fingerprint density at radius 3 is 2.71 bits per heavy atom. The van der Waals surface area contributed by atoms with Crippen molar-refractivity contribution in [2.45, 2.75) is 38.8 Å². The minimum Gasteiger partial charge on any atom is -0.468 e. The molecule has 1 saturated heterocycles. The Balaban J connectivity index is 1.86.